The Balaban J connectivity index is 1.69. The van der Waals surface area contributed by atoms with Gasteiger partial charge in [0.05, 0.1) is 12.3 Å². The standard InChI is InChI=1S/C23H23N3O3/c1-3-29-21-11-7-6-10-19(21)26-23(28)20-14-17(12-13-24-20)22(27)25-15-18-9-5-4-8-16(18)2/h4-14H,3,15H2,1-2H3,(H,25,27)(H,26,28). The lowest BCUT2D eigenvalue weighted by atomic mass is 10.1. The van der Waals surface area contributed by atoms with Crippen LogP contribution < -0.4 is 15.4 Å². The van der Waals surface area contributed by atoms with Crippen LogP contribution in [0.5, 0.6) is 5.75 Å². The van der Waals surface area contributed by atoms with Gasteiger partial charge in [0.2, 0.25) is 0 Å². The van der Waals surface area contributed by atoms with Crippen molar-refractivity contribution in [2.45, 2.75) is 20.4 Å². The van der Waals surface area contributed by atoms with Crippen LogP contribution in [0.2, 0.25) is 0 Å². The van der Waals surface area contributed by atoms with Crippen LogP contribution in [0.25, 0.3) is 0 Å². The van der Waals surface area contributed by atoms with Crippen LogP contribution in [-0.4, -0.2) is 23.4 Å². The van der Waals surface area contributed by atoms with Crippen molar-refractivity contribution in [1.29, 1.82) is 0 Å². The molecule has 0 radical (unpaired) electrons. The van der Waals surface area contributed by atoms with Gasteiger partial charge in [-0.3, -0.25) is 14.6 Å². The normalized spacial score (nSPS) is 10.3. The van der Waals surface area contributed by atoms with Crippen molar-refractivity contribution in [2.24, 2.45) is 0 Å². The second-order valence-corrected chi connectivity index (χ2v) is 6.42. The molecular formula is C23H23N3O3. The van der Waals surface area contributed by atoms with E-state index in [0.29, 0.717) is 30.2 Å². The van der Waals surface area contributed by atoms with Crippen molar-refractivity contribution in [3.05, 3.63) is 89.2 Å². The van der Waals surface area contributed by atoms with E-state index in [1.54, 1.807) is 24.3 Å². The summed E-state index contributed by atoms with van der Waals surface area (Å²) in [5.41, 5.74) is 3.23. The minimum Gasteiger partial charge on any atom is -0.492 e. The fraction of sp³-hybridized carbons (Fsp3) is 0.174. The Kier molecular flexibility index (Phi) is 6.58. The van der Waals surface area contributed by atoms with Gasteiger partial charge in [0, 0.05) is 18.3 Å². The molecule has 0 aliphatic carbocycles. The third-order valence-electron chi connectivity index (χ3n) is 4.39. The van der Waals surface area contributed by atoms with E-state index >= 15 is 0 Å². The Morgan fingerprint density at radius 1 is 1.00 bits per heavy atom. The number of nitrogens with one attached hydrogen (secondary N) is 2. The van der Waals surface area contributed by atoms with E-state index in [1.165, 1.54) is 12.3 Å². The highest BCUT2D eigenvalue weighted by atomic mass is 16.5. The minimum atomic E-state index is -0.411. The van der Waals surface area contributed by atoms with Gasteiger partial charge >= 0.3 is 0 Å². The lowest BCUT2D eigenvalue weighted by molar-refractivity contribution is 0.0950. The van der Waals surface area contributed by atoms with Crippen LogP contribution in [0.15, 0.2) is 66.9 Å². The summed E-state index contributed by atoms with van der Waals surface area (Å²) in [5.74, 6) is -0.0967. The molecular weight excluding hydrogens is 366 g/mol. The van der Waals surface area contributed by atoms with E-state index in [-0.39, 0.29) is 11.6 Å². The number of hydrogen-bond donors (Lipinski definition) is 2. The Labute approximate surface area is 169 Å². The molecule has 2 amide bonds. The Bertz CT molecular complexity index is 1020. The lowest BCUT2D eigenvalue weighted by Crippen LogP contribution is -2.24. The number of para-hydroxylation sites is 2. The fourth-order valence-corrected chi connectivity index (χ4v) is 2.82. The van der Waals surface area contributed by atoms with Crippen LogP contribution >= 0.6 is 0 Å². The van der Waals surface area contributed by atoms with Gasteiger partial charge in [0.15, 0.2) is 0 Å². The third-order valence-corrected chi connectivity index (χ3v) is 4.39. The molecule has 1 heterocycles. The molecule has 0 saturated carbocycles. The first-order chi connectivity index (χ1) is 14.1. The summed E-state index contributed by atoms with van der Waals surface area (Å²) in [6.07, 6.45) is 1.45. The van der Waals surface area contributed by atoms with Crippen molar-refractivity contribution in [1.82, 2.24) is 10.3 Å². The number of rotatable bonds is 7. The third kappa shape index (κ3) is 5.19. The van der Waals surface area contributed by atoms with E-state index in [4.69, 9.17) is 4.74 Å². The van der Waals surface area contributed by atoms with E-state index in [9.17, 15) is 9.59 Å². The molecule has 3 rings (SSSR count). The number of benzene rings is 2. The maximum atomic E-state index is 12.6. The van der Waals surface area contributed by atoms with Gasteiger partial charge in [-0.2, -0.15) is 0 Å². The Morgan fingerprint density at radius 3 is 2.55 bits per heavy atom. The van der Waals surface area contributed by atoms with Crippen LogP contribution in [0.3, 0.4) is 0 Å². The second-order valence-electron chi connectivity index (χ2n) is 6.42. The molecule has 0 atom stereocenters. The molecule has 0 aliphatic rings. The summed E-state index contributed by atoms with van der Waals surface area (Å²) in [7, 11) is 0. The first-order valence-corrected chi connectivity index (χ1v) is 9.40. The number of aryl methyl sites for hydroxylation is 1. The first-order valence-electron chi connectivity index (χ1n) is 9.40. The van der Waals surface area contributed by atoms with Crippen LogP contribution in [-0.2, 0) is 6.54 Å². The molecule has 0 aliphatic heterocycles. The quantitative estimate of drug-likeness (QED) is 0.641. The first kappa shape index (κ1) is 20.1. The average Bonchev–Trinajstić information content (AvgIpc) is 2.74. The zero-order valence-electron chi connectivity index (χ0n) is 16.4. The molecule has 0 unspecified atom stereocenters. The number of nitrogens with zero attached hydrogens (tertiary/aromatic N) is 1. The molecule has 2 N–H and O–H groups in total. The number of ether oxygens (including phenoxy) is 1. The summed E-state index contributed by atoms with van der Waals surface area (Å²) in [6.45, 7) is 4.77. The van der Waals surface area contributed by atoms with E-state index in [2.05, 4.69) is 15.6 Å². The second kappa shape index (κ2) is 9.50. The highest BCUT2D eigenvalue weighted by Gasteiger charge is 2.14. The summed E-state index contributed by atoms with van der Waals surface area (Å²) < 4.78 is 5.52. The van der Waals surface area contributed by atoms with Gasteiger partial charge in [-0.05, 0) is 49.2 Å². The molecule has 6 heteroatoms. The van der Waals surface area contributed by atoms with Crippen molar-refractivity contribution in [2.75, 3.05) is 11.9 Å². The van der Waals surface area contributed by atoms with Crippen molar-refractivity contribution in [3.8, 4) is 5.75 Å². The highest BCUT2D eigenvalue weighted by molar-refractivity contribution is 6.05. The maximum absolute atomic E-state index is 12.6. The van der Waals surface area contributed by atoms with Gasteiger partial charge in [-0.1, -0.05) is 36.4 Å². The Hall–Kier alpha value is -3.67. The smallest absolute Gasteiger partial charge is 0.274 e. The molecule has 0 bridgehead atoms. The maximum Gasteiger partial charge on any atom is 0.274 e. The van der Waals surface area contributed by atoms with Gasteiger partial charge < -0.3 is 15.4 Å². The lowest BCUT2D eigenvalue weighted by Gasteiger charge is -2.11. The summed E-state index contributed by atoms with van der Waals surface area (Å²) in [5, 5.41) is 5.66. The van der Waals surface area contributed by atoms with Crippen LogP contribution in [0.4, 0.5) is 5.69 Å². The molecule has 0 spiro atoms. The molecule has 3 aromatic rings. The fourth-order valence-electron chi connectivity index (χ4n) is 2.82. The molecule has 2 aromatic carbocycles. The van der Waals surface area contributed by atoms with E-state index in [1.807, 2.05) is 44.2 Å². The zero-order valence-corrected chi connectivity index (χ0v) is 16.4. The topological polar surface area (TPSA) is 80.3 Å². The minimum absolute atomic E-state index is 0.153. The highest BCUT2D eigenvalue weighted by Crippen LogP contribution is 2.24. The number of amides is 2. The number of hydrogen-bond acceptors (Lipinski definition) is 4. The predicted octanol–water partition coefficient (Wildman–Crippen LogP) is 3.97. The van der Waals surface area contributed by atoms with Crippen molar-refractivity contribution < 1.29 is 14.3 Å². The molecule has 6 nitrogen and oxygen atoms in total. The van der Waals surface area contributed by atoms with E-state index in [0.717, 1.165) is 11.1 Å². The van der Waals surface area contributed by atoms with Crippen LogP contribution in [0.1, 0.15) is 38.9 Å². The molecule has 148 valence electrons. The number of carbonyl (C=O) groups excluding carboxylic acids is 2. The van der Waals surface area contributed by atoms with Crippen molar-refractivity contribution >= 4 is 17.5 Å². The van der Waals surface area contributed by atoms with Gasteiger partial charge in [-0.25, -0.2) is 0 Å². The molecule has 1 aromatic heterocycles. The zero-order chi connectivity index (χ0) is 20.6. The monoisotopic (exact) mass is 389 g/mol. The summed E-state index contributed by atoms with van der Waals surface area (Å²) in [4.78, 5) is 29.2. The van der Waals surface area contributed by atoms with Crippen molar-refractivity contribution in [3.63, 3.8) is 0 Å². The van der Waals surface area contributed by atoms with Gasteiger partial charge in [0.25, 0.3) is 11.8 Å². The summed E-state index contributed by atoms with van der Waals surface area (Å²) in [6, 6.07) is 18.1. The van der Waals surface area contributed by atoms with Gasteiger partial charge in [0.1, 0.15) is 11.4 Å². The van der Waals surface area contributed by atoms with Crippen LogP contribution in [0, 0.1) is 6.92 Å². The number of pyridine rings is 1. The number of anilines is 1. The largest absolute Gasteiger partial charge is 0.492 e. The Morgan fingerprint density at radius 2 is 1.76 bits per heavy atom. The molecule has 0 fully saturated rings. The average molecular weight is 389 g/mol. The van der Waals surface area contributed by atoms with Gasteiger partial charge in [-0.15, -0.1) is 0 Å². The van der Waals surface area contributed by atoms with E-state index < -0.39 is 5.91 Å². The summed E-state index contributed by atoms with van der Waals surface area (Å²) >= 11 is 0. The number of carbonyl (C=O) groups is 2. The SMILES string of the molecule is CCOc1ccccc1NC(=O)c1cc(C(=O)NCc2ccccc2C)ccn1. The predicted molar refractivity (Wildman–Crippen MR) is 112 cm³/mol. The molecule has 29 heavy (non-hydrogen) atoms. The number of aromatic nitrogens is 1. The molecule has 0 saturated heterocycles.